The highest BCUT2D eigenvalue weighted by Gasteiger charge is 2.46. The van der Waals surface area contributed by atoms with Gasteiger partial charge in [-0.25, -0.2) is 0 Å². The number of nitrogens with one attached hydrogen (secondary N) is 2. The van der Waals surface area contributed by atoms with Crippen LogP contribution in [0.5, 0.6) is 0 Å². The Morgan fingerprint density at radius 3 is 2.38 bits per heavy atom. The molecule has 1 aromatic carbocycles. The summed E-state index contributed by atoms with van der Waals surface area (Å²) in [6, 6.07) is 7.89. The summed E-state index contributed by atoms with van der Waals surface area (Å²) in [5, 5.41) is 4.65. The van der Waals surface area contributed by atoms with Gasteiger partial charge in [0, 0.05) is 61.4 Å². The third kappa shape index (κ3) is 6.09. The maximum atomic E-state index is 14.0. The van der Waals surface area contributed by atoms with Gasteiger partial charge in [-0.15, -0.1) is 12.4 Å². The van der Waals surface area contributed by atoms with Gasteiger partial charge in [0.15, 0.2) is 0 Å². The van der Waals surface area contributed by atoms with Crippen LogP contribution in [0.4, 0.5) is 0 Å². The fraction of sp³-hybridized carbons (Fsp3) is 0.630. The van der Waals surface area contributed by atoms with Crippen LogP contribution < -0.4 is 5.32 Å². The molecule has 204 valence electrons. The summed E-state index contributed by atoms with van der Waals surface area (Å²) < 4.78 is 5.58. The van der Waals surface area contributed by atoms with E-state index in [2.05, 4.69) is 27.1 Å². The van der Waals surface area contributed by atoms with Crippen molar-refractivity contribution in [3.63, 3.8) is 0 Å². The Hall–Kier alpha value is -1.84. The molecule has 0 unspecified atom stereocenters. The van der Waals surface area contributed by atoms with E-state index in [1.54, 1.807) is 12.1 Å². The zero-order chi connectivity index (χ0) is 25.3. The molecule has 2 aromatic rings. The van der Waals surface area contributed by atoms with Crippen LogP contribution >= 0.6 is 24.0 Å². The number of ether oxygens (including phenoxy) is 1. The van der Waals surface area contributed by atoms with Crippen LogP contribution in [-0.4, -0.2) is 103 Å². The number of likely N-dealkylation sites (tertiary alicyclic amines) is 1. The number of H-pyrrole nitrogens is 1. The number of piperidine rings is 1. The van der Waals surface area contributed by atoms with Crippen molar-refractivity contribution < 1.29 is 14.3 Å². The smallest absolute Gasteiger partial charge is 0.268 e. The van der Waals surface area contributed by atoms with Crippen molar-refractivity contribution in [3.05, 3.63) is 35.0 Å². The molecule has 4 heterocycles. The molecule has 8 nitrogen and oxygen atoms in total. The van der Waals surface area contributed by atoms with Crippen molar-refractivity contribution in [2.75, 3.05) is 59.5 Å². The van der Waals surface area contributed by atoms with Crippen molar-refractivity contribution in [2.45, 2.75) is 44.2 Å². The Morgan fingerprint density at radius 1 is 1.03 bits per heavy atom. The molecule has 0 bridgehead atoms. The molecule has 3 fully saturated rings. The first kappa shape index (κ1) is 28.2. The lowest BCUT2D eigenvalue weighted by molar-refractivity contribution is -0.143. The molecule has 1 atom stereocenters. The summed E-state index contributed by atoms with van der Waals surface area (Å²) in [6.45, 7) is 8.58. The van der Waals surface area contributed by atoms with E-state index in [-0.39, 0.29) is 30.1 Å². The van der Waals surface area contributed by atoms with Gasteiger partial charge in [-0.3, -0.25) is 14.5 Å². The normalized spacial score (nSPS) is 22.4. The standard InChI is InChI=1S/C27H38ClN5O3.ClH/c1-27(20-7-15-36-16-8-20,30-25(34)24-18-19-17-21(28)3-4-23(19)29-24)26(35)33-13-11-32(12-14-33)22-5-9-31(2)10-6-22;/h3-4,17-18,20,22,29H,5-16H2,1-2H3,(H,30,34);1H/t27-;/m1./s1. The first-order valence-electron chi connectivity index (χ1n) is 13.2. The fourth-order valence-corrected chi connectivity index (χ4v) is 6.29. The summed E-state index contributed by atoms with van der Waals surface area (Å²) in [5.74, 6) is -0.229. The number of piperazine rings is 1. The zero-order valence-electron chi connectivity index (χ0n) is 21.8. The van der Waals surface area contributed by atoms with E-state index in [9.17, 15) is 9.59 Å². The molecule has 2 amide bonds. The van der Waals surface area contributed by atoms with Gasteiger partial charge in [0.1, 0.15) is 11.2 Å². The number of carbonyl (C=O) groups is 2. The molecule has 3 aliphatic heterocycles. The van der Waals surface area contributed by atoms with Crippen molar-refractivity contribution in [2.24, 2.45) is 5.92 Å². The molecule has 2 N–H and O–H groups in total. The number of benzene rings is 1. The molecule has 0 aliphatic carbocycles. The van der Waals surface area contributed by atoms with Gasteiger partial charge in [-0.2, -0.15) is 0 Å². The first-order chi connectivity index (χ1) is 17.3. The lowest BCUT2D eigenvalue weighted by atomic mass is 9.78. The van der Waals surface area contributed by atoms with Crippen molar-refractivity contribution >= 4 is 46.7 Å². The maximum absolute atomic E-state index is 14.0. The van der Waals surface area contributed by atoms with Gasteiger partial charge in [0.2, 0.25) is 5.91 Å². The molecule has 5 rings (SSSR count). The Labute approximate surface area is 230 Å². The maximum Gasteiger partial charge on any atom is 0.268 e. The number of rotatable bonds is 5. The fourth-order valence-electron chi connectivity index (χ4n) is 6.11. The SMILES string of the molecule is CN1CCC(N2CCN(C(=O)[C@](C)(NC(=O)c3cc4cc(Cl)ccc4[nH]3)C3CCOCC3)CC2)CC1.Cl. The summed E-state index contributed by atoms with van der Waals surface area (Å²) >= 11 is 6.13. The number of halogens is 2. The number of carbonyl (C=O) groups excluding carboxylic acids is 2. The van der Waals surface area contributed by atoms with Gasteiger partial charge < -0.3 is 24.8 Å². The van der Waals surface area contributed by atoms with E-state index in [4.69, 9.17) is 16.3 Å². The minimum Gasteiger partial charge on any atom is -0.381 e. The third-order valence-electron chi connectivity index (χ3n) is 8.49. The minimum absolute atomic E-state index is 0. The largest absolute Gasteiger partial charge is 0.381 e. The van der Waals surface area contributed by atoms with E-state index in [1.807, 2.05) is 24.0 Å². The van der Waals surface area contributed by atoms with Gasteiger partial charge in [0.05, 0.1) is 0 Å². The molecule has 1 aromatic heterocycles. The Morgan fingerprint density at radius 2 is 1.70 bits per heavy atom. The quantitative estimate of drug-likeness (QED) is 0.595. The lowest BCUT2D eigenvalue weighted by Gasteiger charge is -2.46. The highest BCUT2D eigenvalue weighted by atomic mass is 35.5. The molecular formula is C27H39Cl2N5O3. The number of hydrogen-bond donors (Lipinski definition) is 2. The van der Waals surface area contributed by atoms with Crippen LogP contribution in [0, 0.1) is 5.92 Å². The lowest BCUT2D eigenvalue weighted by Crippen LogP contribution is -2.65. The Bertz CT molecular complexity index is 1090. The molecule has 0 radical (unpaired) electrons. The van der Waals surface area contributed by atoms with Crippen LogP contribution in [0.3, 0.4) is 0 Å². The topological polar surface area (TPSA) is 80.9 Å². The average Bonchev–Trinajstić information content (AvgIpc) is 3.33. The monoisotopic (exact) mass is 551 g/mol. The molecule has 0 saturated carbocycles. The van der Waals surface area contributed by atoms with Gasteiger partial charge in [-0.05, 0) is 82.9 Å². The predicted molar refractivity (Wildman–Crippen MR) is 149 cm³/mol. The van der Waals surface area contributed by atoms with Crippen LogP contribution in [0.15, 0.2) is 24.3 Å². The van der Waals surface area contributed by atoms with Gasteiger partial charge >= 0.3 is 0 Å². The number of aromatic amines is 1. The van der Waals surface area contributed by atoms with Crippen molar-refractivity contribution in [1.29, 1.82) is 0 Å². The number of aromatic nitrogens is 1. The average molecular weight is 553 g/mol. The Kier molecular flexibility index (Phi) is 9.07. The van der Waals surface area contributed by atoms with E-state index in [0.717, 1.165) is 49.9 Å². The van der Waals surface area contributed by atoms with Crippen LogP contribution in [0.2, 0.25) is 5.02 Å². The summed E-state index contributed by atoms with van der Waals surface area (Å²) in [7, 11) is 2.18. The van der Waals surface area contributed by atoms with Crippen LogP contribution in [-0.2, 0) is 9.53 Å². The second kappa shape index (κ2) is 11.9. The highest BCUT2D eigenvalue weighted by molar-refractivity contribution is 6.31. The van der Waals surface area contributed by atoms with Gasteiger partial charge in [-0.1, -0.05) is 11.6 Å². The third-order valence-corrected chi connectivity index (χ3v) is 8.72. The Balaban J connectivity index is 0.00000320. The van der Waals surface area contributed by atoms with E-state index < -0.39 is 5.54 Å². The number of nitrogens with zero attached hydrogens (tertiary/aromatic N) is 3. The minimum atomic E-state index is -0.995. The molecule has 3 saturated heterocycles. The molecular weight excluding hydrogens is 513 g/mol. The van der Waals surface area contributed by atoms with E-state index >= 15 is 0 Å². The molecule has 10 heteroatoms. The van der Waals surface area contributed by atoms with E-state index in [1.165, 1.54) is 12.8 Å². The molecule has 0 spiro atoms. The molecule has 37 heavy (non-hydrogen) atoms. The number of amides is 2. The molecule has 3 aliphatic rings. The number of hydrogen-bond acceptors (Lipinski definition) is 5. The van der Waals surface area contributed by atoms with Crippen molar-refractivity contribution in [3.8, 4) is 0 Å². The number of fused-ring (bicyclic) bond motifs is 1. The summed E-state index contributed by atoms with van der Waals surface area (Å²) in [6.07, 6.45) is 3.88. The second-order valence-electron chi connectivity index (χ2n) is 10.8. The summed E-state index contributed by atoms with van der Waals surface area (Å²) in [5.41, 5.74) is 0.282. The van der Waals surface area contributed by atoms with Crippen LogP contribution in [0.25, 0.3) is 10.9 Å². The van der Waals surface area contributed by atoms with Crippen molar-refractivity contribution in [1.82, 2.24) is 25.0 Å². The zero-order valence-corrected chi connectivity index (χ0v) is 23.4. The summed E-state index contributed by atoms with van der Waals surface area (Å²) in [4.78, 5) is 37.6. The van der Waals surface area contributed by atoms with Crippen LogP contribution in [0.1, 0.15) is 43.1 Å². The highest BCUT2D eigenvalue weighted by Crippen LogP contribution is 2.31. The predicted octanol–water partition coefficient (Wildman–Crippen LogP) is 3.40. The second-order valence-corrected chi connectivity index (χ2v) is 11.3. The van der Waals surface area contributed by atoms with E-state index in [0.29, 0.717) is 43.1 Å². The van der Waals surface area contributed by atoms with Gasteiger partial charge in [0.25, 0.3) is 5.91 Å². The first-order valence-corrected chi connectivity index (χ1v) is 13.6.